The SMILES string of the molecule is CC(C)[C@@H]1CCC2(C)CC[C@]3(C)C(CCC4C5(C)C(=O)CCC(C)(C)[C@@H]5CCC43C)[C@@H]12. The van der Waals surface area contributed by atoms with Gasteiger partial charge in [-0.3, -0.25) is 4.79 Å². The molecule has 0 heterocycles. The average molecular weight is 427 g/mol. The van der Waals surface area contributed by atoms with Crippen LogP contribution in [0.2, 0.25) is 0 Å². The Bertz CT molecular complexity index is 764. The number of hydrogen-bond donors (Lipinski definition) is 0. The van der Waals surface area contributed by atoms with Crippen LogP contribution in [0.3, 0.4) is 0 Å². The van der Waals surface area contributed by atoms with Gasteiger partial charge in [0, 0.05) is 11.8 Å². The molecule has 0 N–H and O–H groups in total. The van der Waals surface area contributed by atoms with Crippen LogP contribution in [0, 0.1) is 62.6 Å². The topological polar surface area (TPSA) is 17.1 Å². The largest absolute Gasteiger partial charge is 0.299 e. The molecule has 5 rings (SSSR count). The molecule has 31 heavy (non-hydrogen) atoms. The Kier molecular flexibility index (Phi) is 4.80. The molecule has 0 saturated heterocycles. The third-order valence-corrected chi connectivity index (χ3v) is 13.4. The van der Waals surface area contributed by atoms with Crippen molar-refractivity contribution < 1.29 is 4.79 Å². The fourth-order valence-corrected chi connectivity index (χ4v) is 11.5. The average Bonchev–Trinajstić information content (AvgIpc) is 3.04. The molecule has 5 aliphatic carbocycles. The van der Waals surface area contributed by atoms with E-state index in [-0.39, 0.29) is 5.41 Å². The van der Waals surface area contributed by atoms with Crippen molar-refractivity contribution in [3.63, 3.8) is 0 Å². The molecule has 0 aromatic carbocycles. The van der Waals surface area contributed by atoms with Crippen molar-refractivity contribution in [1.82, 2.24) is 0 Å². The zero-order chi connectivity index (χ0) is 22.6. The second-order valence-corrected chi connectivity index (χ2v) is 15.0. The minimum atomic E-state index is -0.0867. The van der Waals surface area contributed by atoms with Crippen molar-refractivity contribution in [3.8, 4) is 0 Å². The minimum absolute atomic E-state index is 0.0867. The van der Waals surface area contributed by atoms with Gasteiger partial charge >= 0.3 is 0 Å². The highest BCUT2D eigenvalue weighted by Crippen LogP contribution is 2.77. The smallest absolute Gasteiger partial charge is 0.139 e. The summed E-state index contributed by atoms with van der Waals surface area (Å²) in [6.07, 6.45) is 13.0. The van der Waals surface area contributed by atoms with E-state index in [9.17, 15) is 4.79 Å². The highest BCUT2D eigenvalue weighted by Gasteiger charge is 2.71. The normalized spacial score (nSPS) is 55.9. The van der Waals surface area contributed by atoms with Crippen LogP contribution in [0.5, 0.6) is 0 Å². The quantitative estimate of drug-likeness (QED) is 0.412. The predicted octanol–water partition coefficient (Wildman–Crippen LogP) is 8.31. The van der Waals surface area contributed by atoms with Gasteiger partial charge < -0.3 is 0 Å². The number of ketones is 1. The van der Waals surface area contributed by atoms with Crippen molar-refractivity contribution in [3.05, 3.63) is 0 Å². The lowest BCUT2D eigenvalue weighted by atomic mass is 9.32. The summed E-state index contributed by atoms with van der Waals surface area (Å²) in [4.78, 5) is 13.7. The Morgan fingerprint density at radius 3 is 2.13 bits per heavy atom. The van der Waals surface area contributed by atoms with Crippen LogP contribution in [-0.2, 0) is 4.79 Å². The first-order valence-corrected chi connectivity index (χ1v) is 13.8. The van der Waals surface area contributed by atoms with Crippen LogP contribution in [0.4, 0.5) is 0 Å². The van der Waals surface area contributed by atoms with E-state index in [0.29, 0.717) is 39.3 Å². The first-order chi connectivity index (χ1) is 14.3. The van der Waals surface area contributed by atoms with E-state index < -0.39 is 0 Å². The van der Waals surface area contributed by atoms with E-state index in [1.165, 1.54) is 51.4 Å². The fourth-order valence-electron chi connectivity index (χ4n) is 11.5. The molecule has 0 aromatic rings. The summed E-state index contributed by atoms with van der Waals surface area (Å²) < 4.78 is 0. The summed E-state index contributed by atoms with van der Waals surface area (Å²) >= 11 is 0. The number of hydrogen-bond acceptors (Lipinski definition) is 1. The maximum atomic E-state index is 13.7. The van der Waals surface area contributed by atoms with Crippen molar-refractivity contribution in [2.24, 2.45) is 62.6 Å². The van der Waals surface area contributed by atoms with E-state index in [1.807, 2.05) is 0 Å². The molecule has 1 nitrogen and oxygen atoms in total. The molecule has 0 radical (unpaired) electrons. The summed E-state index contributed by atoms with van der Waals surface area (Å²) in [5.41, 5.74) is 1.55. The predicted molar refractivity (Wildman–Crippen MR) is 130 cm³/mol. The van der Waals surface area contributed by atoms with Crippen LogP contribution in [0.1, 0.15) is 120 Å². The monoisotopic (exact) mass is 426 g/mol. The molecule has 0 bridgehead atoms. The van der Waals surface area contributed by atoms with Gasteiger partial charge in [-0.15, -0.1) is 0 Å². The number of carbonyl (C=O) groups is 1. The van der Waals surface area contributed by atoms with Crippen molar-refractivity contribution in [2.75, 3.05) is 0 Å². The summed E-state index contributed by atoms with van der Waals surface area (Å²) in [6, 6.07) is 0. The Morgan fingerprint density at radius 2 is 1.45 bits per heavy atom. The van der Waals surface area contributed by atoms with Crippen molar-refractivity contribution in [2.45, 2.75) is 120 Å². The van der Waals surface area contributed by atoms with Crippen LogP contribution in [-0.4, -0.2) is 5.78 Å². The highest BCUT2D eigenvalue weighted by atomic mass is 16.1. The highest BCUT2D eigenvalue weighted by molar-refractivity contribution is 5.86. The summed E-state index contributed by atoms with van der Waals surface area (Å²) in [7, 11) is 0. The van der Waals surface area contributed by atoms with Crippen LogP contribution in [0.15, 0.2) is 0 Å². The third kappa shape index (κ3) is 2.65. The molecular weight excluding hydrogens is 376 g/mol. The first-order valence-electron chi connectivity index (χ1n) is 13.8. The van der Waals surface area contributed by atoms with Crippen molar-refractivity contribution in [1.29, 1.82) is 0 Å². The maximum absolute atomic E-state index is 13.7. The molecular formula is C30H50O. The van der Waals surface area contributed by atoms with E-state index in [1.54, 1.807) is 0 Å². The van der Waals surface area contributed by atoms with Gasteiger partial charge in [0.15, 0.2) is 0 Å². The second kappa shape index (κ2) is 6.63. The van der Waals surface area contributed by atoms with Gasteiger partial charge in [0.2, 0.25) is 0 Å². The lowest BCUT2D eigenvalue weighted by molar-refractivity contribution is -0.231. The zero-order valence-corrected chi connectivity index (χ0v) is 21.9. The molecule has 5 saturated carbocycles. The van der Waals surface area contributed by atoms with Gasteiger partial charge in [-0.05, 0) is 115 Å². The van der Waals surface area contributed by atoms with E-state index in [0.717, 1.165) is 36.5 Å². The number of fused-ring (bicyclic) bond motifs is 7. The molecule has 0 amide bonds. The Balaban J connectivity index is 1.57. The van der Waals surface area contributed by atoms with Crippen LogP contribution < -0.4 is 0 Å². The molecule has 5 aliphatic rings. The van der Waals surface area contributed by atoms with E-state index in [4.69, 9.17) is 0 Å². The molecule has 0 aromatic heterocycles. The van der Waals surface area contributed by atoms with E-state index >= 15 is 0 Å². The zero-order valence-electron chi connectivity index (χ0n) is 21.9. The number of rotatable bonds is 1. The van der Waals surface area contributed by atoms with Gasteiger partial charge in [-0.1, -0.05) is 55.4 Å². The van der Waals surface area contributed by atoms with Crippen LogP contribution in [0.25, 0.3) is 0 Å². The fraction of sp³-hybridized carbons (Fsp3) is 0.967. The van der Waals surface area contributed by atoms with Gasteiger partial charge in [0.05, 0.1) is 0 Å². The molecule has 0 aliphatic heterocycles. The lowest BCUT2D eigenvalue weighted by Gasteiger charge is -2.72. The summed E-state index contributed by atoms with van der Waals surface area (Å²) in [5, 5.41) is 0. The summed E-state index contributed by atoms with van der Waals surface area (Å²) in [5.74, 6) is 5.31. The number of carbonyl (C=O) groups excluding carboxylic acids is 1. The van der Waals surface area contributed by atoms with E-state index in [2.05, 4.69) is 55.4 Å². The molecule has 176 valence electrons. The van der Waals surface area contributed by atoms with Crippen LogP contribution >= 0.6 is 0 Å². The van der Waals surface area contributed by atoms with Gasteiger partial charge in [-0.25, -0.2) is 0 Å². The molecule has 5 unspecified atom stereocenters. The minimum Gasteiger partial charge on any atom is -0.299 e. The summed E-state index contributed by atoms with van der Waals surface area (Å²) in [6.45, 7) is 20.4. The van der Waals surface area contributed by atoms with Gasteiger partial charge in [-0.2, -0.15) is 0 Å². The third-order valence-electron chi connectivity index (χ3n) is 13.4. The Hall–Kier alpha value is -0.330. The lowest BCUT2D eigenvalue weighted by Crippen LogP contribution is -2.67. The van der Waals surface area contributed by atoms with Gasteiger partial charge in [0.1, 0.15) is 5.78 Å². The molecule has 0 spiro atoms. The van der Waals surface area contributed by atoms with Crippen molar-refractivity contribution >= 4 is 5.78 Å². The first kappa shape index (κ1) is 22.5. The second-order valence-electron chi connectivity index (χ2n) is 15.0. The Labute approximate surface area is 192 Å². The molecule has 1 heteroatoms. The maximum Gasteiger partial charge on any atom is 0.139 e. The Morgan fingerprint density at radius 1 is 0.742 bits per heavy atom. The number of Topliss-reactive ketones (excluding diaryl/α,β-unsaturated/α-hetero) is 1. The molecule has 5 fully saturated rings. The molecule has 9 atom stereocenters. The standard InChI is InChI=1S/C30H50O/c1-19(2)20-11-15-27(5)17-18-28(6)21(25(20)27)9-10-23-29(28,7)16-12-22-26(3,4)14-13-24(31)30(22,23)8/h19-23,25H,9-18H2,1-8H3/t20-,21?,22-,23?,25+,27?,28+,29?,30?/m0/s1. The van der Waals surface area contributed by atoms with Gasteiger partial charge in [0.25, 0.3) is 0 Å².